The molecule has 0 bridgehead atoms. The van der Waals surface area contributed by atoms with Crippen molar-refractivity contribution in [3.05, 3.63) is 88.5 Å². The highest BCUT2D eigenvalue weighted by molar-refractivity contribution is 6.39. The first-order chi connectivity index (χ1) is 16.7. The Bertz CT molecular complexity index is 1270. The summed E-state index contributed by atoms with van der Waals surface area (Å²) < 4.78 is 5.52. The van der Waals surface area contributed by atoms with Gasteiger partial charge < -0.3 is 15.4 Å². The lowest BCUT2D eigenvalue weighted by Gasteiger charge is -2.09. The van der Waals surface area contributed by atoms with Crippen LogP contribution in [0, 0.1) is 27.7 Å². The van der Waals surface area contributed by atoms with Crippen molar-refractivity contribution in [3.63, 3.8) is 0 Å². The molecule has 0 aliphatic rings. The third-order valence-electron chi connectivity index (χ3n) is 5.48. The molecular formula is C27H28N4O4. The second-order valence-corrected chi connectivity index (χ2v) is 8.11. The number of amides is 3. The molecule has 0 atom stereocenters. The van der Waals surface area contributed by atoms with Crippen LogP contribution < -0.4 is 20.8 Å². The van der Waals surface area contributed by atoms with Gasteiger partial charge in [-0.05, 0) is 98.0 Å². The van der Waals surface area contributed by atoms with Gasteiger partial charge in [0.2, 0.25) is 0 Å². The summed E-state index contributed by atoms with van der Waals surface area (Å²) in [7, 11) is 0. The molecule has 0 aliphatic heterocycles. The average molecular weight is 473 g/mol. The van der Waals surface area contributed by atoms with Gasteiger partial charge in [0.15, 0.2) is 6.61 Å². The molecule has 35 heavy (non-hydrogen) atoms. The average Bonchev–Trinajstić information content (AvgIpc) is 2.83. The highest BCUT2D eigenvalue weighted by Gasteiger charge is 2.14. The van der Waals surface area contributed by atoms with E-state index in [1.165, 1.54) is 6.21 Å². The minimum Gasteiger partial charge on any atom is -0.484 e. The molecule has 3 amide bonds. The molecule has 8 heteroatoms. The van der Waals surface area contributed by atoms with E-state index in [0.717, 1.165) is 27.9 Å². The standard InChI is InChI=1S/C27H28N4O4/c1-17-8-11-22(14-19(17)3)29-25(32)16-35-23-12-9-21(10-13-23)15-28-31-27(34)26(33)30-24-7-5-6-18(2)20(24)4/h5-15H,16H2,1-4H3,(H,29,32)(H,30,33)(H,31,34)/b28-15-. The zero-order valence-corrected chi connectivity index (χ0v) is 20.1. The maximum absolute atomic E-state index is 12.1. The first-order valence-electron chi connectivity index (χ1n) is 11.0. The summed E-state index contributed by atoms with van der Waals surface area (Å²) >= 11 is 0. The Balaban J connectivity index is 1.45. The molecule has 0 fully saturated rings. The zero-order chi connectivity index (χ0) is 25.4. The lowest BCUT2D eigenvalue weighted by Crippen LogP contribution is -2.32. The van der Waals surface area contributed by atoms with Crippen LogP contribution in [0.2, 0.25) is 0 Å². The molecule has 0 saturated heterocycles. The van der Waals surface area contributed by atoms with Crippen molar-refractivity contribution in [2.24, 2.45) is 5.10 Å². The van der Waals surface area contributed by atoms with Crippen LogP contribution in [0.3, 0.4) is 0 Å². The maximum Gasteiger partial charge on any atom is 0.329 e. The van der Waals surface area contributed by atoms with Crippen molar-refractivity contribution < 1.29 is 19.1 Å². The quantitative estimate of drug-likeness (QED) is 0.274. The van der Waals surface area contributed by atoms with E-state index in [4.69, 9.17) is 4.74 Å². The minimum atomic E-state index is -0.878. The van der Waals surface area contributed by atoms with Crippen LogP contribution in [-0.4, -0.2) is 30.5 Å². The van der Waals surface area contributed by atoms with Gasteiger partial charge in [-0.3, -0.25) is 14.4 Å². The van der Waals surface area contributed by atoms with Gasteiger partial charge in [-0.25, -0.2) is 5.43 Å². The molecule has 0 radical (unpaired) electrons. The van der Waals surface area contributed by atoms with E-state index in [2.05, 4.69) is 21.2 Å². The lowest BCUT2D eigenvalue weighted by molar-refractivity contribution is -0.136. The van der Waals surface area contributed by atoms with Crippen molar-refractivity contribution in [2.45, 2.75) is 27.7 Å². The molecule has 3 aromatic rings. The Labute approximate surface area is 204 Å². The highest BCUT2D eigenvalue weighted by Crippen LogP contribution is 2.18. The number of benzene rings is 3. The van der Waals surface area contributed by atoms with Gasteiger partial charge >= 0.3 is 11.8 Å². The molecule has 180 valence electrons. The Morgan fingerprint density at radius 2 is 1.57 bits per heavy atom. The fraction of sp³-hybridized carbons (Fsp3) is 0.185. The first-order valence-corrected chi connectivity index (χ1v) is 11.0. The molecule has 3 rings (SSSR count). The number of hydrogen-bond donors (Lipinski definition) is 3. The lowest BCUT2D eigenvalue weighted by atomic mass is 10.1. The smallest absolute Gasteiger partial charge is 0.329 e. The minimum absolute atomic E-state index is 0.133. The molecular weight excluding hydrogens is 444 g/mol. The largest absolute Gasteiger partial charge is 0.484 e. The number of ether oxygens (including phenoxy) is 1. The predicted molar refractivity (Wildman–Crippen MR) is 137 cm³/mol. The van der Waals surface area contributed by atoms with Crippen LogP contribution in [-0.2, 0) is 14.4 Å². The summed E-state index contributed by atoms with van der Waals surface area (Å²) in [4.78, 5) is 36.2. The molecule has 3 aromatic carbocycles. The number of aryl methyl sites for hydroxylation is 3. The first kappa shape index (κ1) is 25.2. The summed E-state index contributed by atoms with van der Waals surface area (Å²) in [5, 5.41) is 9.20. The van der Waals surface area contributed by atoms with Gasteiger partial charge in [0.1, 0.15) is 5.75 Å². The van der Waals surface area contributed by atoms with Crippen LogP contribution in [0.25, 0.3) is 0 Å². The normalized spacial score (nSPS) is 10.6. The van der Waals surface area contributed by atoms with E-state index in [9.17, 15) is 14.4 Å². The predicted octanol–water partition coefficient (Wildman–Crippen LogP) is 4.03. The summed E-state index contributed by atoms with van der Waals surface area (Å²) in [6, 6.07) is 17.9. The fourth-order valence-electron chi connectivity index (χ4n) is 3.10. The van der Waals surface area contributed by atoms with Crippen LogP contribution in [0.1, 0.15) is 27.8 Å². The zero-order valence-electron chi connectivity index (χ0n) is 20.1. The molecule has 0 saturated carbocycles. The second kappa shape index (κ2) is 11.6. The van der Waals surface area contributed by atoms with E-state index < -0.39 is 11.8 Å². The van der Waals surface area contributed by atoms with E-state index >= 15 is 0 Å². The number of carbonyl (C=O) groups is 3. The molecule has 0 aliphatic carbocycles. The topological polar surface area (TPSA) is 109 Å². The van der Waals surface area contributed by atoms with Gasteiger partial charge in [-0.2, -0.15) is 5.10 Å². The number of nitrogens with one attached hydrogen (secondary N) is 3. The highest BCUT2D eigenvalue weighted by atomic mass is 16.5. The second-order valence-electron chi connectivity index (χ2n) is 8.11. The van der Waals surface area contributed by atoms with Crippen molar-refractivity contribution in [1.82, 2.24) is 5.43 Å². The number of rotatable bonds is 7. The fourth-order valence-corrected chi connectivity index (χ4v) is 3.10. The summed E-state index contributed by atoms with van der Waals surface area (Å²) in [6.07, 6.45) is 1.40. The SMILES string of the molecule is Cc1ccc(NC(=O)COc2ccc(/C=N\NC(=O)C(=O)Nc3cccc(C)c3C)cc2)cc1C. The Kier molecular flexibility index (Phi) is 8.34. The third kappa shape index (κ3) is 7.26. The van der Waals surface area contributed by atoms with Crippen LogP contribution >= 0.6 is 0 Å². The third-order valence-corrected chi connectivity index (χ3v) is 5.48. The summed E-state index contributed by atoms with van der Waals surface area (Å²) in [5.41, 5.74) is 8.33. The molecule has 3 N–H and O–H groups in total. The van der Waals surface area contributed by atoms with Crippen molar-refractivity contribution in [1.29, 1.82) is 0 Å². The number of hydrazone groups is 1. The molecule has 0 heterocycles. The molecule has 0 unspecified atom stereocenters. The monoisotopic (exact) mass is 472 g/mol. The van der Waals surface area contributed by atoms with Gasteiger partial charge in [0.25, 0.3) is 5.91 Å². The van der Waals surface area contributed by atoms with E-state index in [-0.39, 0.29) is 12.5 Å². The molecule has 8 nitrogen and oxygen atoms in total. The number of anilines is 2. The Morgan fingerprint density at radius 3 is 2.29 bits per heavy atom. The van der Waals surface area contributed by atoms with E-state index in [0.29, 0.717) is 17.0 Å². The van der Waals surface area contributed by atoms with Crippen molar-refractivity contribution >= 4 is 35.3 Å². The Hall–Kier alpha value is -4.46. The molecule has 0 aromatic heterocycles. The van der Waals surface area contributed by atoms with Crippen LogP contribution in [0.4, 0.5) is 11.4 Å². The Morgan fingerprint density at radius 1 is 0.829 bits per heavy atom. The van der Waals surface area contributed by atoms with E-state index in [1.807, 2.05) is 52.0 Å². The van der Waals surface area contributed by atoms with Gasteiger partial charge in [0.05, 0.1) is 6.21 Å². The van der Waals surface area contributed by atoms with Crippen molar-refractivity contribution in [2.75, 3.05) is 17.2 Å². The number of carbonyl (C=O) groups excluding carboxylic acids is 3. The van der Waals surface area contributed by atoms with Gasteiger partial charge in [-0.15, -0.1) is 0 Å². The number of hydrogen-bond acceptors (Lipinski definition) is 5. The van der Waals surface area contributed by atoms with E-state index in [1.54, 1.807) is 36.4 Å². The van der Waals surface area contributed by atoms with Crippen molar-refractivity contribution in [3.8, 4) is 5.75 Å². The summed E-state index contributed by atoms with van der Waals surface area (Å²) in [5.74, 6) is -1.44. The van der Waals surface area contributed by atoms with Crippen LogP contribution in [0.5, 0.6) is 5.75 Å². The number of nitrogens with zero attached hydrogens (tertiary/aromatic N) is 1. The van der Waals surface area contributed by atoms with Gasteiger partial charge in [-0.1, -0.05) is 18.2 Å². The van der Waals surface area contributed by atoms with Crippen LogP contribution in [0.15, 0.2) is 65.8 Å². The van der Waals surface area contributed by atoms with Gasteiger partial charge in [0, 0.05) is 11.4 Å². The maximum atomic E-state index is 12.1. The summed E-state index contributed by atoms with van der Waals surface area (Å²) in [6.45, 7) is 7.65. The molecule has 0 spiro atoms.